The number of ether oxygens (including phenoxy) is 1. The predicted molar refractivity (Wildman–Crippen MR) is 205 cm³/mol. The highest BCUT2D eigenvalue weighted by Gasteiger charge is 2.41. The van der Waals surface area contributed by atoms with Crippen molar-refractivity contribution in [2.75, 3.05) is 47.6 Å². The molecule has 1 aliphatic rings. The molecule has 0 aliphatic carbocycles. The molecule has 10 nitrogen and oxygen atoms in total. The number of nitrogens with one attached hydrogen (secondary N) is 2. The molecular formula is C38H64ClN5O5S. The number of thioether (sulfide) groups is 1. The van der Waals surface area contributed by atoms with Gasteiger partial charge in [0, 0.05) is 50.0 Å². The van der Waals surface area contributed by atoms with Crippen molar-refractivity contribution >= 4 is 47.0 Å². The molecule has 0 bridgehead atoms. The molecule has 4 amide bonds. The van der Waals surface area contributed by atoms with Gasteiger partial charge in [0.05, 0.1) is 24.6 Å². The summed E-state index contributed by atoms with van der Waals surface area (Å²) < 4.78 is 6.02. The van der Waals surface area contributed by atoms with Gasteiger partial charge in [-0.2, -0.15) is 11.8 Å². The van der Waals surface area contributed by atoms with Gasteiger partial charge in [-0.3, -0.25) is 24.1 Å². The van der Waals surface area contributed by atoms with Gasteiger partial charge < -0.3 is 25.2 Å². The van der Waals surface area contributed by atoms with Crippen molar-refractivity contribution in [1.29, 1.82) is 0 Å². The number of methoxy groups -OCH3 is 1. The first-order valence-electron chi connectivity index (χ1n) is 18.2. The Balaban J connectivity index is 2.16. The zero-order valence-corrected chi connectivity index (χ0v) is 33.9. The number of benzene rings is 1. The molecule has 7 unspecified atom stereocenters. The lowest BCUT2D eigenvalue weighted by Crippen LogP contribution is -2.59. The van der Waals surface area contributed by atoms with E-state index < -0.39 is 18.2 Å². The molecule has 1 fully saturated rings. The fraction of sp³-hybridized carbons (Fsp3) is 0.737. The van der Waals surface area contributed by atoms with E-state index in [0.717, 1.165) is 24.8 Å². The number of rotatable bonds is 20. The van der Waals surface area contributed by atoms with Crippen molar-refractivity contribution in [3.05, 3.63) is 34.9 Å². The lowest BCUT2D eigenvalue weighted by Gasteiger charge is -2.41. The standard InChI is InChI=1S/C38H64ClN5O5S/c1-12-26(6)36(43(9)38(48)34(24(2)3)41-37(47)35(25(4)5)42(7)8)30(49-10)22-33(46)44-21-13-14-29(44)31(50-11)23-32(45)40-20-19-27-15-17-28(39)18-16-27/h15-18,24-26,29-31,34-36H,12-14,19-23H2,1-11H3,(H,40,45)(H,41,47). The molecule has 7 atom stereocenters. The van der Waals surface area contributed by atoms with Gasteiger partial charge in [-0.05, 0) is 75.1 Å². The predicted octanol–water partition coefficient (Wildman–Crippen LogP) is 5.12. The van der Waals surface area contributed by atoms with Gasteiger partial charge in [-0.1, -0.05) is 71.7 Å². The van der Waals surface area contributed by atoms with Crippen LogP contribution in [0, 0.1) is 17.8 Å². The van der Waals surface area contributed by atoms with E-state index in [9.17, 15) is 19.2 Å². The van der Waals surface area contributed by atoms with Crippen molar-refractivity contribution < 1.29 is 23.9 Å². The van der Waals surface area contributed by atoms with E-state index in [-0.39, 0.29) is 65.1 Å². The quantitative estimate of drug-likeness (QED) is 0.191. The molecule has 1 aromatic carbocycles. The highest BCUT2D eigenvalue weighted by atomic mass is 35.5. The summed E-state index contributed by atoms with van der Waals surface area (Å²) in [5, 5.41) is 6.74. The van der Waals surface area contributed by atoms with Crippen LogP contribution < -0.4 is 10.6 Å². The van der Waals surface area contributed by atoms with E-state index in [1.54, 1.807) is 30.8 Å². The molecule has 1 aromatic rings. The summed E-state index contributed by atoms with van der Waals surface area (Å²) in [5.74, 6) is -0.484. The van der Waals surface area contributed by atoms with E-state index in [2.05, 4.69) is 24.5 Å². The minimum atomic E-state index is -0.726. The summed E-state index contributed by atoms with van der Waals surface area (Å²) in [6.45, 7) is 13.1. The molecule has 0 aromatic heterocycles. The third-order valence-electron chi connectivity index (χ3n) is 10.2. The van der Waals surface area contributed by atoms with Gasteiger partial charge >= 0.3 is 0 Å². The normalized spacial score (nSPS) is 18.5. The maximum Gasteiger partial charge on any atom is 0.245 e. The van der Waals surface area contributed by atoms with Crippen LogP contribution in [0.15, 0.2) is 24.3 Å². The van der Waals surface area contributed by atoms with Gasteiger partial charge in [-0.25, -0.2) is 0 Å². The molecule has 2 rings (SSSR count). The molecule has 284 valence electrons. The maximum absolute atomic E-state index is 14.2. The fourth-order valence-corrected chi connectivity index (χ4v) is 8.28. The first-order chi connectivity index (χ1) is 23.6. The molecule has 1 saturated heterocycles. The average Bonchev–Trinajstić information content (AvgIpc) is 3.55. The van der Waals surface area contributed by atoms with E-state index in [0.29, 0.717) is 31.0 Å². The highest BCUT2D eigenvalue weighted by Crippen LogP contribution is 2.31. The van der Waals surface area contributed by atoms with E-state index in [4.69, 9.17) is 16.3 Å². The van der Waals surface area contributed by atoms with E-state index >= 15 is 0 Å². The van der Waals surface area contributed by atoms with Crippen molar-refractivity contribution in [1.82, 2.24) is 25.3 Å². The summed E-state index contributed by atoms with van der Waals surface area (Å²) >= 11 is 7.61. The first kappa shape index (κ1) is 43.8. The van der Waals surface area contributed by atoms with E-state index in [1.807, 2.05) is 82.1 Å². The number of amides is 4. The number of hydrogen-bond donors (Lipinski definition) is 2. The van der Waals surface area contributed by atoms with Crippen molar-refractivity contribution in [2.24, 2.45) is 17.8 Å². The number of likely N-dealkylation sites (tertiary alicyclic amines) is 1. The molecule has 2 N–H and O–H groups in total. The lowest BCUT2D eigenvalue weighted by molar-refractivity contribution is -0.146. The number of halogens is 1. The van der Waals surface area contributed by atoms with Crippen LogP contribution in [0.1, 0.15) is 79.2 Å². The number of hydrogen-bond acceptors (Lipinski definition) is 7. The highest BCUT2D eigenvalue weighted by molar-refractivity contribution is 7.99. The minimum Gasteiger partial charge on any atom is -0.379 e. The smallest absolute Gasteiger partial charge is 0.245 e. The number of carbonyl (C=O) groups excluding carboxylic acids is 4. The Morgan fingerprint density at radius 3 is 2.18 bits per heavy atom. The number of carbonyl (C=O) groups is 4. The van der Waals surface area contributed by atoms with Gasteiger partial charge in [0.2, 0.25) is 23.6 Å². The minimum absolute atomic E-state index is 0.0264. The first-order valence-corrected chi connectivity index (χ1v) is 19.8. The van der Waals surface area contributed by atoms with Crippen LogP contribution in [0.5, 0.6) is 0 Å². The van der Waals surface area contributed by atoms with Crippen LogP contribution in [0.25, 0.3) is 0 Å². The lowest BCUT2D eigenvalue weighted by atomic mass is 9.89. The molecule has 0 saturated carbocycles. The Labute approximate surface area is 311 Å². The third kappa shape index (κ3) is 12.4. The number of nitrogens with zero attached hydrogens (tertiary/aromatic N) is 3. The molecule has 12 heteroatoms. The molecule has 50 heavy (non-hydrogen) atoms. The van der Waals surface area contributed by atoms with Crippen LogP contribution in [-0.2, 0) is 30.3 Å². The summed E-state index contributed by atoms with van der Waals surface area (Å²) in [7, 11) is 7.09. The van der Waals surface area contributed by atoms with Crippen molar-refractivity contribution in [3.8, 4) is 0 Å². The summed E-state index contributed by atoms with van der Waals surface area (Å²) in [6, 6.07) is 6.06. The zero-order chi connectivity index (χ0) is 37.7. The maximum atomic E-state index is 14.2. The van der Waals surface area contributed by atoms with Crippen LogP contribution in [0.3, 0.4) is 0 Å². The molecule has 1 heterocycles. The fourth-order valence-electron chi connectivity index (χ4n) is 7.24. The monoisotopic (exact) mass is 737 g/mol. The molecule has 0 radical (unpaired) electrons. The van der Waals surface area contributed by atoms with Gasteiger partial charge in [-0.15, -0.1) is 0 Å². The average molecular weight is 738 g/mol. The molecule has 0 spiro atoms. The second-order valence-corrected chi connectivity index (χ2v) is 16.2. The topological polar surface area (TPSA) is 111 Å². The van der Waals surface area contributed by atoms with Crippen LogP contribution >= 0.6 is 23.4 Å². The second-order valence-electron chi connectivity index (χ2n) is 14.7. The third-order valence-corrected chi connectivity index (χ3v) is 11.5. The van der Waals surface area contributed by atoms with Gasteiger partial charge in [0.25, 0.3) is 0 Å². The SMILES string of the molecule is CCC(C)C(C(CC(=O)N1CCCC1C(CC(=O)NCCc1ccc(Cl)cc1)SC)OC)N(C)C(=O)C(NC(=O)C(C(C)C)N(C)C)C(C)C. The number of likely N-dealkylation sites (N-methyl/N-ethyl adjacent to an activating group) is 2. The Kier molecular flexibility index (Phi) is 18.6. The summed E-state index contributed by atoms with van der Waals surface area (Å²) in [5.41, 5.74) is 1.10. The summed E-state index contributed by atoms with van der Waals surface area (Å²) in [4.78, 5) is 60.1. The molecule has 1 aliphatic heterocycles. The van der Waals surface area contributed by atoms with Crippen LogP contribution in [0.4, 0.5) is 0 Å². The summed E-state index contributed by atoms with van der Waals surface area (Å²) in [6.07, 6.45) is 5.08. The van der Waals surface area contributed by atoms with Crippen molar-refractivity contribution in [2.45, 2.75) is 116 Å². The second kappa shape index (κ2) is 21.2. The van der Waals surface area contributed by atoms with Crippen molar-refractivity contribution in [3.63, 3.8) is 0 Å². The zero-order valence-electron chi connectivity index (χ0n) is 32.3. The Bertz CT molecular complexity index is 1220. The van der Waals surface area contributed by atoms with Gasteiger partial charge in [0.1, 0.15) is 6.04 Å². The molecular weight excluding hydrogens is 674 g/mol. The van der Waals surface area contributed by atoms with Gasteiger partial charge in [0.15, 0.2) is 0 Å². The van der Waals surface area contributed by atoms with E-state index in [1.165, 1.54) is 0 Å². The largest absolute Gasteiger partial charge is 0.379 e. The van der Waals surface area contributed by atoms with Crippen LogP contribution in [-0.4, -0.2) is 121 Å². The van der Waals surface area contributed by atoms with Crippen LogP contribution in [0.2, 0.25) is 5.02 Å². The Hall–Kier alpha value is -2.34. The Morgan fingerprint density at radius 1 is 1.02 bits per heavy atom. The Morgan fingerprint density at radius 2 is 1.66 bits per heavy atom.